The molecule has 2 N–H and O–H groups in total. The van der Waals surface area contributed by atoms with Crippen molar-refractivity contribution in [3.63, 3.8) is 0 Å². The van der Waals surface area contributed by atoms with Gasteiger partial charge in [0.25, 0.3) is 0 Å². The summed E-state index contributed by atoms with van der Waals surface area (Å²) in [7, 11) is 2.06. The van der Waals surface area contributed by atoms with Crippen LogP contribution in [0.2, 0.25) is 0 Å². The third kappa shape index (κ3) is 1.54. The van der Waals surface area contributed by atoms with Gasteiger partial charge < -0.3 is 15.0 Å². The number of benzene rings is 1. The molecule has 104 valence electrons. The van der Waals surface area contributed by atoms with E-state index < -0.39 is 5.97 Å². The number of nitrogens with zero attached hydrogens (tertiary/aromatic N) is 1. The highest BCUT2D eigenvalue weighted by molar-refractivity contribution is 5.88. The number of nitrogens with one attached hydrogen (secondary N) is 1. The predicted molar refractivity (Wildman–Crippen MR) is 76.9 cm³/mol. The summed E-state index contributed by atoms with van der Waals surface area (Å²) in [4.78, 5) is 17.0. The maximum atomic E-state index is 11.4. The summed E-state index contributed by atoms with van der Waals surface area (Å²) in [5, 5.41) is 10.7. The molecule has 4 nitrogen and oxygen atoms in total. The second-order valence-electron chi connectivity index (χ2n) is 6.17. The molecule has 0 saturated carbocycles. The lowest BCUT2D eigenvalue weighted by atomic mass is 9.72. The number of likely N-dealkylation sites (tertiary alicyclic amines) is 1. The molecule has 0 spiro atoms. The summed E-state index contributed by atoms with van der Waals surface area (Å²) in [6.45, 7) is 0.659. The van der Waals surface area contributed by atoms with Gasteiger partial charge >= 0.3 is 5.97 Å². The van der Waals surface area contributed by atoms with E-state index in [2.05, 4.69) is 41.3 Å². The van der Waals surface area contributed by atoms with Crippen LogP contribution in [0.1, 0.15) is 23.5 Å². The molecule has 1 aliphatic carbocycles. The summed E-state index contributed by atoms with van der Waals surface area (Å²) in [5.41, 5.74) is 3.88. The highest BCUT2D eigenvalue weighted by atomic mass is 16.4. The molecule has 2 aromatic rings. The molecular formula is C16H18N2O2. The number of carboxylic acids is 1. The number of carbonyl (C=O) groups is 1. The fourth-order valence-corrected chi connectivity index (χ4v) is 4.12. The van der Waals surface area contributed by atoms with Gasteiger partial charge in [-0.25, -0.2) is 0 Å². The van der Waals surface area contributed by atoms with Crippen molar-refractivity contribution < 1.29 is 9.90 Å². The number of rotatable bonds is 1. The number of hydrogen-bond acceptors (Lipinski definition) is 2. The smallest absolute Gasteiger partial charge is 0.307 e. The molecule has 1 fully saturated rings. The lowest BCUT2D eigenvalue weighted by molar-refractivity contribution is -0.144. The topological polar surface area (TPSA) is 56.3 Å². The van der Waals surface area contributed by atoms with Crippen molar-refractivity contribution in [3.8, 4) is 0 Å². The van der Waals surface area contributed by atoms with Crippen molar-refractivity contribution in [2.45, 2.75) is 24.8 Å². The van der Waals surface area contributed by atoms with Gasteiger partial charge in [0.1, 0.15) is 0 Å². The molecular weight excluding hydrogens is 252 g/mol. The molecule has 2 heterocycles. The molecule has 1 aromatic carbocycles. The fourth-order valence-electron chi connectivity index (χ4n) is 4.12. The van der Waals surface area contributed by atoms with Gasteiger partial charge in [-0.1, -0.05) is 12.1 Å². The van der Waals surface area contributed by atoms with E-state index >= 15 is 0 Å². The molecule has 3 atom stereocenters. The highest BCUT2D eigenvalue weighted by Gasteiger charge is 2.41. The molecule has 20 heavy (non-hydrogen) atoms. The molecule has 1 aliphatic heterocycles. The van der Waals surface area contributed by atoms with Crippen molar-refractivity contribution in [1.82, 2.24) is 9.88 Å². The van der Waals surface area contributed by atoms with E-state index in [1.807, 2.05) is 0 Å². The van der Waals surface area contributed by atoms with Crippen LogP contribution in [-0.4, -0.2) is 40.6 Å². The van der Waals surface area contributed by atoms with Crippen LogP contribution in [-0.2, 0) is 11.2 Å². The molecule has 0 amide bonds. The Morgan fingerprint density at radius 3 is 3.10 bits per heavy atom. The first kappa shape index (κ1) is 12.0. The first-order valence-electron chi connectivity index (χ1n) is 7.17. The maximum absolute atomic E-state index is 11.4. The molecule has 0 radical (unpaired) electrons. The number of aliphatic carboxylic acids is 1. The second-order valence-corrected chi connectivity index (χ2v) is 6.17. The van der Waals surface area contributed by atoms with E-state index in [4.69, 9.17) is 0 Å². The minimum absolute atomic E-state index is 0.253. The van der Waals surface area contributed by atoms with Crippen LogP contribution in [0, 0.1) is 5.92 Å². The van der Waals surface area contributed by atoms with Crippen molar-refractivity contribution in [1.29, 1.82) is 0 Å². The Balaban J connectivity index is 1.85. The van der Waals surface area contributed by atoms with Crippen molar-refractivity contribution in [3.05, 3.63) is 35.5 Å². The summed E-state index contributed by atoms with van der Waals surface area (Å²) >= 11 is 0. The fraction of sp³-hybridized carbons (Fsp3) is 0.438. The number of H-pyrrole nitrogens is 1. The number of aromatic nitrogens is 1. The normalized spacial score (nSPS) is 29.4. The van der Waals surface area contributed by atoms with Crippen LogP contribution >= 0.6 is 0 Å². The van der Waals surface area contributed by atoms with E-state index in [1.165, 1.54) is 22.0 Å². The van der Waals surface area contributed by atoms with Crippen LogP contribution in [0.15, 0.2) is 24.4 Å². The van der Waals surface area contributed by atoms with Crippen LogP contribution in [0.4, 0.5) is 0 Å². The average Bonchev–Trinajstić information content (AvgIpc) is 2.84. The van der Waals surface area contributed by atoms with Crippen LogP contribution in [0.5, 0.6) is 0 Å². The van der Waals surface area contributed by atoms with Crippen molar-refractivity contribution in [2.24, 2.45) is 5.92 Å². The van der Waals surface area contributed by atoms with Crippen molar-refractivity contribution >= 4 is 16.9 Å². The lowest BCUT2D eigenvalue weighted by Crippen LogP contribution is -2.49. The number of hydrogen-bond donors (Lipinski definition) is 2. The molecule has 1 saturated heterocycles. The number of carboxylic acid groups (broad SMARTS) is 1. The quantitative estimate of drug-likeness (QED) is 0.835. The van der Waals surface area contributed by atoms with Gasteiger partial charge in [0, 0.05) is 35.6 Å². The number of aromatic amines is 1. The largest absolute Gasteiger partial charge is 0.481 e. The highest BCUT2D eigenvalue weighted by Crippen LogP contribution is 2.44. The minimum atomic E-state index is -0.664. The number of likely N-dealkylation sites (N-methyl/N-ethyl adjacent to an activating group) is 1. The van der Waals surface area contributed by atoms with Gasteiger partial charge in [-0.2, -0.15) is 0 Å². The molecule has 4 rings (SSSR count). The Morgan fingerprint density at radius 1 is 1.45 bits per heavy atom. The summed E-state index contributed by atoms with van der Waals surface area (Å²) in [6, 6.07) is 6.78. The monoisotopic (exact) mass is 270 g/mol. The van der Waals surface area contributed by atoms with Gasteiger partial charge in [0.15, 0.2) is 0 Å². The lowest BCUT2D eigenvalue weighted by Gasteiger charge is -2.44. The van der Waals surface area contributed by atoms with Gasteiger partial charge in [0.2, 0.25) is 0 Å². The van der Waals surface area contributed by atoms with E-state index in [0.717, 1.165) is 12.8 Å². The SMILES string of the molecule is CN1CC(C(=O)O)C[C@@H]2c3cccc4[nH]cc(c34)C[C@H]21. The molecule has 0 bridgehead atoms. The molecule has 1 unspecified atom stereocenters. The summed E-state index contributed by atoms with van der Waals surface area (Å²) in [6.07, 6.45) is 3.89. The minimum Gasteiger partial charge on any atom is -0.481 e. The number of fused-ring (bicyclic) bond motifs is 2. The predicted octanol–water partition coefficient (Wildman–Crippen LogP) is 2.21. The van der Waals surface area contributed by atoms with Gasteiger partial charge in [0.05, 0.1) is 5.92 Å². The Labute approximate surface area is 117 Å². The van der Waals surface area contributed by atoms with Gasteiger partial charge in [-0.3, -0.25) is 4.79 Å². The average molecular weight is 270 g/mol. The standard InChI is InChI=1S/C16H18N2O2/c1-18-8-10(16(19)20)5-12-11-3-2-4-13-15(11)9(7-17-13)6-14(12)18/h2-4,7,10,12,14,17H,5-6,8H2,1H3,(H,19,20)/t10?,12-,14-/m1/s1. The second kappa shape index (κ2) is 4.09. The zero-order valence-electron chi connectivity index (χ0n) is 11.5. The zero-order valence-corrected chi connectivity index (χ0v) is 11.5. The van der Waals surface area contributed by atoms with Gasteiger partial charge in [-0.15, -0.1) is 0 Å². The van der Waals surface area contributed by atoms with E-state index in [9.17, 15) is 9.90 Å². The van der Waals surface area contributed by atoms with Crippen LogP contribution < -0.4 is 0 Å². The van der Waals surface area contributed by atoms with Gasteiger partial charge in [-0.05, 0) is 37.1 Å². The Kier molecular flexibility index (Phi) is 2.45. The Hall–Kier alpha value is -1.81. The van der Waals surface area contributed by atoms with E-state index in [0.29, 0.717) is 18.5 Å². The van der Waals surface area contributed by atoms with Crippen LogP contribution in [0.25, 0.3) is 10.9 Å². The first-order valence-corrected chi connectivity index (χ1v) is 7.17. The number of piperidine rings is 1. The zero-order chi connectivity index (χ0) is 13.9. The van der Waals surface area contributed by atoms with Crippen LogP contribution in [0.3, 0.4) is 0 Å². The molecule has 1 aromatic heterocycles. The first-order chi connectivity index (χ1) is 9.65. The molecule has 2 aliphatic rings. The summed E-state index contributed by atoms with van der Waals surface area (Å²) < 4.78 is 0. The molecule has 4 heteroatoms. The summed E-state index contributed by atoms with van der Waals surface area (Å²) in [5.74, 6) is -0.582. The third-order valence-corrected chi connectivity index (χ3v) is 5.07. The van der Waals surface area contributed by atoms with E-state index in [1.54, 1.807) is 0 Å². The van der Waals surface area contributed by atoms with E-state index in [-0.39, 0.29) is 5.92 Å². The Morgan fingerprint density at radius 2 is 2.30 bits per heavy atom. The third-order valence-electron chi connectivity index (χ3n) is 5.07. The van der Waals surface area contributed by atoms with Crippen molar-refractivity contribution in [2.75, 3.05) is 13.6 Å². The Bertz CT molecular complexity index is 691. The maximum Gasteiger partial charge on any atom is 0.307 e.